The Labute approximate surface area is 159 Å². The van der Waals surface area contributed by atoms with Gasteiger partial charge in [-0.15, -0.1) is 4.33 Å². The molecule has 1 aromatic carbocycles. The fraction of sp³-hybridized carbons (Fsp3) is 0.625. The lowest BCUT2D eigenvalue weighted by atomic mass is 9.77. The summed E-state index contributed by atoms with van der Waals surface area (Å²) in [6, 6.07) is 0. The molecule has 0 radical (unpaired) electrons. The van der Waals surface area contributed by atoms with Gasteiger partial charge in [0.15, 0.2) is 33.1 Å². The summed E-state index contributed by atoms with van der Waals surface area (Å²) in [5.41, 5.74) is 0. The average molecular weight is 432 g/mol. The summed E-state index contributed by atoms with van der Waals surface area (Å²) in [7, 11) is -4.68. The second kappa shape index (κ2) is 8.64. The second-order valence-electron chi connectivity index (χ2n) is 7.02. The monoisotopic (exact) mass is 432 g/mol. The molecular formula is C16H20F4O5S2. The van der Waals surface area contributed by atoms with Crippen LogP contribution in [0, 0.1) is 41.0 Å². The smallest absolute Gasteiger partial charge is 0.187 e. The van der Waals surface area contributed by atoms with Crippen LogP contribution in [0.25, 0.3) is 0 Å². The van der Waals surface area contributed by atoms with Crippen molar-refractivity contribution in [1.29, 1.82) is 0 Å². The molecule has 11 heteroatoms. The van der Waals surface area contributed by atoms with Crippen LogP contribution in [0.5, 0.6) is 0 Å². The Morgan fingerprint density at radius 1 is 1.07 bits per heavy atom. The molecule has 1 N–H and O–H groups in total. The standard InChI is InChI=1S/C16H20F4O5S2/c1-7(2)9-5-4-8(3)10(6-9)27(22,23)16-13(19)11(17)15(26-25-24-21)12(18)14(16)20/h7-10,21H,4-6H2,1-3H3/t8-,9-,10?/m0/s1. The van der Waals surface area contributed by atoms with E-state index in [0.29, 0.717) is 6.42 Å². The van der Waals surface area contributed by atoms with E-state index in [1.54, 1.807) is 6.92 Å². The van der Waals surface area contributed by atoms with Crippen LogP contribution >= 0.6 is 12.0 Å². The molecule has 154 valence electrons. The van der Waals surface area contributed by atoms with Crippen LogP contribution < -0.4 is 0 Å². The van der Waals surface area contributed by atoms with Crippen molar-refractivity contribution in [1.82, 2.24) is 0 Å². The lowest BCUT2D eigenvalue weighted by Crippen LogP contribution is -2.37. The Hall–Kier alpha value is -0.880. The van der Waals surface area contributed by atoms with E-state index in [9.17, 15) is 26.0 Å². The van der Waals surface area contributed by atoms with Gasteiger partial charge in [0, 0.05) is 0 Å². The third-order valence-electron chi connectivity index (χ3n) is 5.12. The summed E-state index contributed by atoms with van der Waals surface area (Å²) in [6.07, 6.45) is 1.45. The highest BCUT2D eigenvalue weighted by Gasteiger charge is 2.43. The van der Waals surface area contributed by atoms with E-state index in [4.69, 9.17) is 5.26 Å². The Kier molecular flexibility index (Phi) is 7.17. The predicted molar refractivity (Wildman–Crippen MR) is 89.2 cm³/mol. The van der Waals surface area contributed by atoms with Crippen LogP contribution in [0.3, 0.4) is 0 Å². The number of benzene rings is 1. The molecule has 1 saturated carbocycles. The predicted octanol–water partition coefficient (Wildman–Crippen LogP) is 4.91. The Balaban J connectivity index is 2.55. The molecule has 0 aliphatic heterocycles. The highest BCUT2D eigenvalue weighted by Crippen LogP contribution is 2.42. The van der Waals surface area contributed by atoms with Gasteiger partial charge >= 0.3 is 0 Å². The lowest BCUT2D eigenvalue weighted by molar-refractivity contribution is -0.432. The summed E-state index contributed by atoms with van der Waals surface area (Å²) in [5.74, 6) is -8.19. The summed E-state index contributed by atoms with van der Waals surface area (Å²) in [6.45, 7) is 5.47. The highest BCUT2D eigenvalue weighted by molar-refractivity contribution is 7.94. The van der Waals surface area contributed by atoms with Crippen molar-refractivity contribution >= 4 is 21.9 Å². The van der Waals surface area contributed by atoms with Crippen molar-refractivity contribution < 1.29 is 40.6 Å². The zero-order valence-corrected chi connectivity index (χ0v) is 16.5. The van der Waals surface area contributed by atoms with Gasteiger partial charge in [0.2, 0.25) is 0 Å². The topological polar surface area (TPSA) is 72.8 Å². The Morgan fingerprint density at radius 3 is 2.11 bits per heavy atom. The molecule has 0 heterocycles. The molecule has 0 amide bonds. The van der Waals surface area contributed by atoms with Gasteiger partial charge in [-0.1, -0.05) is 25.8 Å². The van der Waals surface area contributed by atoms with Gasteiger partial charge in [0.05, 0.1) is 17.3 Å². The SMILES string of the molecule is CC(C)[C@H]1CC[C@H](C)C(S(=O)(=O)c2c(F)c(F)c(SOOO)c(F)c2F)C1. The first-order chi connectivity index (χ1) is 12.5. The van der Waals surface area contributed by atoms with E-state index in [0.717, 1.165) is 6.42 Å². The third kappa shape index (κ3) is 4.26. The molecule has 0 saturated heterocycles. The number of halogens is 4. The zero-order chi connectivity index (χ0) is 20.5. The van der Waals surface area contributed by atoms with E-state index in [2.05, 4.69) is 9.37 Å². The van der Waals surface area contributed by atoms with Gasteiger partial charge in [-0.3, -0.25) is 0 Å². The minimum atomic E-state index is -4.68. The maximum absolute atomic E-state index is 14.4. The largest absolute Gasteiger partial charge is 0.223 e. The van der Waals surface area contributed by atoms with E-state index in [1.165, 1.54) is 0 Å². The van der Waals surface area contributed by atoms with Crippen molar-refractivity contribution in [2.75, 3.05) is 0 Å². The summed E-state index contributed by atoms with van der Waals surface area (Å²) in [5, 5.41) is 10.0. The van der Waals surface area contributed by atoms with Gasteiger partial charge in [-0.2, -0.15) is 0 Å². The molecule has 2 rings (SSSR count). The number of rotatable bonds is 6. The van der Waals surface area contributed by atoms with Gasteiger partial charge in [-0.25, -0.2) is 31.2 Å². The van der Waals surface area contributed by atoms with Gasteiger partial charge in [0.1, 0.15) is 9.79 Å². The Morgan fingerprint density at radius 2 is 1.63 bits per heavy atom. The van der Waals surface area contributed by atoms with Crippen LogP contribution in [-0.4, -0.2) is 18.9 Å². The molecule has 5 nitrogen and oxygen atoms in total. The summed E-state index contributed by atoms with van der Waals surface area (Å²) >= 11 is -0.335. The molecule has 0 aromatic heterocycles. The molecule has 1 aliphatic carbocycles. The molecular weight excluding hydrogens is 412 g/mol. The minimum absolute atomic E-state index is 0.0201. The highest BCUT2D eigenvalue weighted by atomic mass is 32.2. The first kappa shape index (κ1) is 22.4. The summed E-state index contributed by atoms with van der Waals surface area (Å²) in [4.78, 5) is -2.93. The first-order valence-electron chi connectivity index (χ1n) is 8.28. The van der Waals surface area contributed by atoms with Crippen LogP contribution in [0.2, 0.25) is 0 Å². The van der Waals surface area contributed by atoms with Crippen molar-refractivity contribution in [3.8, 4) is 0 Å². The van der Waals surface area contributed by atoms with E-state index < -0.39 is 54.1 Å². The van der Waals surface area contributed by atoms with Crippen LogP contribution in [0.1, 0.15) is 40.0 Å². The van der Waals surface area contributed by atoms with Crippen molar-refractivity contribution in [3.05, 3.63) is 23.3 Å². The van der Waals surface area contributed by atoms with Gasteiger partial charge in [0.25, 0.3) is 0 Å². The maximum atomic E-state index is 14.4. The van der Waals surface area contributed by atoms with Crippen molar-refractivity contribution in [3.63, 3.8) is 0 Å². The van der Waals surface area contributed by atoms with Crippen LogP contribution in [0.15, 0.2) is 9.79 Å². The normalized spacial score (nSPS) is 23.8. The summed E-state index contributed by atoms with van der Waals surface area (Å²) < 4.78 is 86.8. The zero-order valence-electron chi connectivity index (χ0n) is 14.8. The maximum Gasteiger partial charge on any atom is 0.187 e. The van der Waals surface area contributed by atoms with E-state index in [-0.39, 0.29) is 30.3 Å². The van der Waals surface area contributed by atoms with E-state index >= 15 is 0 Å². The van der Waals surface area contributed by atoms with Crippen molar-refractivity contribution in [2.45, 2.75) is 55.1 Å². The van der Waals surface area contributed by atoms with Crippen molar-refractivity contribution in [2.24, 2.45) is 17.8 Å². The molecule has 27 heavy (non-hydrogen) atoms. The fourth-order valence-electron chi connectivity index (χ4n) is 3.46. The number of hydrogen-bond acceptors (Lipinski definition) is 6. The molecule has 1 unspecified atom stereocenters. The second-order valence-corrected chi connectivity index (χ2v) is 9.83. The molecule has 1 aliphatic rings. The lowest BCUT2D eigenvalue weighted by Gasteiger charge is -2.35. The van der Waals surface area contributed by atoms with Gasteiger partial charge in [-0.05, 0) is 37.0 Å². The fourth-order valence-corrected chi connectivity index (χ4v) is 6.12. The van der Waals surface area contributed by atoms with Crippen LogP contribution in [0.4, 0.5) is 17.6 Å². The minimum Gasteiger partial charge on any atom is -0.223 e. The first-order valence-corrected chi connectivity index (χ1v) is 10.6. The quantitative estimate of drug-likeness (QED) is 0.227. The van der Waals surface area contributed by atoms with Crippen LogP contribution in [-0.2, 0) is 19.2 Å². The molecule has 1 fully saturated rings. The molecule has 0 spiro atoms. The molecule has 3 atom stereocenters. The Bertz CT molecular complexity index is 771. The number of sulfone groups is 1. The van der Waals surface area contributed by atoms with E-state index in [1.807, 2.05) is 13.8 Å². The third-order valence-corrected chi connectivity index (χ3v) is 8.15. The molecule has 1 aromatic rings. The molecule has 0 bridgehead atoms. The number of hydrogen-bond donors (Lipinski definition) is 1. The van der Waals surface area contributed by atoms with Gasteiger partial charge < -0.3 is 0 Å². The average Bonchev–Trinajstić information content (AvgIpc) is 2.60.